The predicted molar refractivity (Wildman–Crippen MR) is 72.0 cm³/mol. The molecule has 0 aromatic rings. The van der Waals surface area contributed by atoms with Gasteiger partial charge in [-0.25, -0.2) is 0 Å². The van der Waals surface area contributed by atoms with E-state index < -0.39 is 5.41 Å². The van der Waals surface area contributed by atoms with Crippen LogP contribution in [0.1, 0.15) is 53.9 Å². The van der Waals surface area contributed by atoms with Gasteiger partial charge in [-0.05, 0) is 24.7 Å². The van der Waals surface area contributed by atoms with Gasteiger partial charge in [-0.1, -0.05) is 34.6 Å². The fourth-order valence-electron chi connectivity index (χ4n) is 2.26. The molecule has 4 nitrogen and oxygen atoms in total. The minimum absolute atomic E-state index is 0.0764. The molecule has 1 unspecified atom stereocenters. The van der Waals surface area contributed by atoms with E-state index >= 15 is 0 Å². The van der Waals surface area contributed by atoms with Crippen molar-refractivity contribution in [2.45, 2.75) is 59.9 Å². The van der Waals surface area contributed by atoms with E-state index in [9.17, 15) is 9.59 Å². The summed E-state index contributed by atoms with van der Waals surface area (Å²) in [5.74, 6) is -0.181. The number of amides is 2. The smallest absolute Gasteiger partial charge is 0.239 e. The molecule has 104 valence electrons. The van der Waals surface area contributed by atoms with Crippen molar-refractivity contribution in [3.8, 4) is 0 Å². The molecule has 1 aliphatic rings. The molecule has 1 rings (SSSR count). The maximum Gasteiger partial charge on any atom is 0.239 e. The molecular weight excluding hydrogens is 228 g/mol. The zero-order valence-corrected chi connectivity index (χ0v) is 12.2. The minimum atomic E-state index is -0.449. The first kappa shape index (κ1) is 15.0. The van der Waals surface area contributed by atoms with E-state index in [4.69, 9.17) is 0 Å². The SMILES string of the molecule is CC1(C)CCC(NC(=O)CNC(=O)C(C)(C)C)C1. The number of hydrogen-bond acceptors (Lipinski definition) is 2. The molecular formula is C14H26N2O2. The highest BCUT2D eigenvalue weighted by atomic mass is 16.2. The molecule has 0 saturated heterocycles. The van der Waals surface area contributed by atoms with E-state index in [2.05, 4.69) is 24.5 Å². The third-order valence-corrected chi connectivity index (χ3v) is 3.42. The topological polar surface area (TPSA) is 58.2 Å². The molecule has 0 aromatic heterocycles. The van der Waals surface area contributed by atoms with Gasteiger partial charge in [0, 0.05) is 11.5 Å². The Morgan fingerprint density at radius 2 is 1.89 bits per heavy atom. The molecule has 1 saturated carbocycles. The lowest BCUT2D eigenvalue weighted by atomic mass is 9.92. The zero-order valence-electron chi connectivity index (χ0n) is 12.2. The number of nitrogens with one attached hydrogen (secondary N) is 2. The summed E-state index contributed by atoms with van der Waals surface area (Å²) in [5.41, 5.74) is -0.123. The molecule has 0 spiro atoms. The van der Waals surface area contributed by atoms with Crippen LogP contribution in [0, 0.1) is 10.8 Å². The van der Waals surface area contributed by atoms with Gasteiger partial charge in [-0.3, -0.25) is 9.59 Å². The van der Waals surface area contributed by atoms with Crippen LogP contribution in [0.15, 0.2) is 0 Å². The van der Waals surface area contributed by atoms with Crippen molar-refractivity contribution >= 4 is 11.8 Å². The quantitative estimate of drug-likeness (QED) is 0.807. The zero-order chi connectivity index (χ0) is 14.0. The van der Waals surface area contributed by atoms with Gasteiger partial charge in [-0.15, -0.1) is 0 Å². The van der Waals surface area contributed by atoms with Crippen molar-refractivity contribution in [2.24, 2.45) is 10.8 Å². The van der Waals surface area contributed by atoms with Crippen LogP contribution < -0.4 is 10.6 Å². The second-order valence-corrected chi connectivity index (χ2v) is 7.10. The number of carbonyl (C=O) groups excluding carboxylic acids is 2. The van der Waals surface area contributed by atoms with Gasteiger partial charge in [0.25, 0.3) is 0 Å². The fourth-order valence-corrected chi connectivity index (χ4v) is 2.26. The third-order valence-electron chi connectivity index (χ3n) is 3.42. The van der Waals surface area contributed by atoms with Crippen molar-refractivity contribution in [3.63, 3.8) is 0 Å². The number of carbonyl (C=O) groups is 2. The molecule has 4 heteroatoms. The van der Waals surface area contributed by atoms with Crippen molar-refractivity contribution < 1.29 is 9.59 Å². The molecule has 2 amide bonds. The average molecular weight is 254 g/mol. The van der Waals surface area contributed by atoms with Gasteiger partial charge in [0.1, 0.15) is 0 Å². The molecule has 0 bridgehead atoms. The van der Waals surface area contributed by atoms with Crippen molar-refractivity contribution in [1.82, 2.24) is 10.6 Å². The summed E-state index contributed by atoms with van der Waals surface area (Å²) in [7, 11) is 0. The average Bonchev–Trinajstić information content (AvgIpc) is 2.53. The van der Waals surface area contributed by atoms with Crippen molar-refractivity contribution in [3.05, 3.63) is 0 Å². The Labute approximate surface area is 110 Å². The second-order valence-electron chi connectivity index (χ2n) is 7.10. The van der Waals surface area contributed by atoms with Gasteiger partial charge >= 0.3 is 0 Å². The first-order chi connectivity index (χ1) is 8.10. The Morgan fingerprint density at radius 3 is 2.33 bits per heavy atom. The highest BCUT2D eigenvalue weighted by molar-refractivity contribution is 5.87. The summed E-state index contributed by atoms with van der Waals surface area (Å²) in [4.78, 5) is 23.3. The van der Waals surface area contributed by atoms with Crippen LogP contribution in [-0.2, 0) is 9.59 Å². The van der Waals surface area contributed by atoms with Crippen LogP contribution in [-0.4, -0.2) is 24.4 Å². The van der Waals surface area contributed by atoms with E-state index in [0.29, 0.717) is 5.41 Å². The van der Waals surface area contributed by atoms with Gasteiger partial charge < -0.3 is 10.6 Å². The first-order valence-corrected chi connectivity index (χ1v) is 6.68. The van der Waals surface area contributed by atoms with Gasteiger partial charge in [-0.2, -0.15) is 0 Å². The summed E-state index contributed by atoms with van der Waals surface area (Å²) < 4.78 is 0. The van der Waals surface area contributed by atoms with Crippen molar-refractivity contribution in [2.75, 3.05) is 6.54 Å². The van der Waals surface area contributed by atoms with Gasteiger partial charge in [0.2, 0.25) is 11.8 Å². The number of hydrogen-bond donors (Lipinski definition) is 2. The van der Waals surface area contributed by atoms with Gasteiger partial charge in [0.05, 0.1) is 6.54 Å². The third kappa shape index (κ3) is 4.67. The Bertz CT molecular complexity index is 329. The lowest BCUT2D eigenvalue weighted by Gasteiger charge is -2.19. The van der Waals surface area contributed by atoms with Crippen LogP contribution in [0.5, 0.6) is 0 Å². The monoisotopic (exact) mass is 254 g/mol. The van der Waals surface area contributed by atoms with E-state index in [1.165, 1.54) is 0 Å². The normalized spacial score (nSPS) is 22.6. The largest absolute Gasteiger partial charge is 0.352 e. The van der Waals surface area contributed by atoms with E-state index in [1.807, 2.05) is 20.8 Å². The molecule has 1 fully saturated rings. The molecule has 0 heterocycles. The minimum Gasteiger partial charge on any atom is -0.352 e. The number of rotatable bonds is 3. The molecule has 0 aromatic carbocycles. The van der Waals surface area contributed by atoms with Crippen LogP contribution >= 0.6 is 0 Å². The Balaban J connectivity index is 2.29. The highest BCUT2D eigenvalue weighted by Crippen LogP contribution is 2.36. The molecule has 2 N–H and O–H groups in total. The molecule has 0 aliphatic heterocycles. The van der Waals surface area contributed by atoms with Crippen molar-refractivity contribution in [1.29, 1.82) is 0 Å². The Morgan fingerprint density at radius 1 is 1.28 bits per heavy atom. The second kappa shape index (κ2) is 5.29. The maximum atomic E-state index is 11.7. The van der Waals surface area contributed by atoms with E-state index in [0.717, 1.165) is 19.3 Å². The summed E-state index contributed by atoms with van der Waals surface area (Å²) >= 11 is 0. The molecule has 1 aliphatic carbocycles. The maximum absolute atomic E-state index is 11.7. The van der Waals surface area contributed by atoms with E-state index in [1.54, 1.807) is 0 Å². The Kier molecular flexibility index (Phi) is 4.41. The summed E-state index contributed by atoms with van der Waals surface area (Å²) in [6.45, 7) is 10.0. The fraction of sp³-hybridized carbons (Fsp3) is 0.857. The Hall–Kier alpha value is -1.06. The van der Waals surface area contributed by atoms with Crippen LogP contribution in [0.4, 0.5) is 0 Å². The summed E-state index contributed by atoms with van der Waals surface area (Å²) in [5, 5.41) is 5.65. The van der Waals surface area contributed by atoms with Crippen LogP contribution in [0.3, 0.4) is 0 Å². The molecule has 18 heavy (non-hydrogen) atoms. The van der Waals surface area contributed by atoms with Gasteiger partial charge in [0.15, 0.2) is 0 Å². The summed E-state index contributed by atoms with van der Waals surface area (Å²) in [6, 6.07) is 0.263. The lowest BCUT2D eigenvalue weighted by molar-refractivity contribution is -0.131. The predicted octanol–water partition coefficient (Wildman–Crippen LogP) is 1.84. The van der Waals surface area contributed by atoms with E-state index in [-0.39, 0.29) is 24.4 Å². The highest BCUT2D eigenvalue weighted by Gasteiger charge is 2.31. The first-order valence-electron chi connectivity index (χ1n) is 6.68. The summed E-state index contributed by atoms with van der Waals surface area (Å²) in [6.07, 6.45) is 3.20. The lowest BCUT2D eigenvalue weighted by Crippen LogP contribution is -2.44. The van der Waals surface area contributed by atoms with Crippen LogP contribution in [0.2, 0.25) is 0 Å². The molecule has 0 radical (unpaired) electrons. The molecule has 1 atom stereocenters. The standard InChI is InChI=1S/C14H26N2O2/c1-13(2,3)12(18)15-9-11(17)16-10-6-7-14(4,5)8-10/h10H,6-9H2,1-5H3,(H,15,18)(H,16,17). The van der Waals surface area contributed by atoms with Crippen LogP contribution in [0.25, 0.3) is 0 Å².